The largest absolute Gasteiger partial charge is 0.483 e. The summed E-state index contributed by atoms with van der Waals surface area (Å²) in [7, 11) is 0. The minimum absolute atomic E-state index is 0.0711. The number of benzene rings is 1. The van der Waals surface area contributed by atoms with Crippen LogP contribution in [0.15, 0.2) is 30.5 Å². The number of hydrogen-bond donors (Lipinski definition) is 1. The van der Waals surface area contributed by atoms with Crippen LogP contribution in [0.2, 0.25) is 0 Å². The maximum absolute atomic E-state index is 11.2. The summed E-state index contributed by atoms with van der Waals surface area (Å²) in [5.41, 5.74) is 6.57. The Morgan fingerprint density at radius 1 is 1.33 bits per heavy atom. The zero-order chi connectivity index (χ0) is 14.8. The third-order valence-electron chi connectivity index (χ3n) is 3.86. The summed E-state index contributed by atoms with van der Waals surface area (Å²) in [6.45, 7) is 0. The van der Waals surface area contributed by atoms with Crippen LogP contribution in [0.3, 0.4) is 0 Å². The van der Waals surface area contributed by atoms with E-state index in [9.17, 15) is 10.1 Å². The molecule has 2 unspecified atom stereocenters. The van der Waals surface area contributed by atoms with E-state index in [1.807, 2.05) is 18.2 Å². The zero-order valence-electron chi connectivity index (χ0n) is 11.6. The molecule has 1 fully saturated rings. The molecule has 0 radical (unpaired) electrons. The van der Waals surface area contributed by atoms with Gasteiger partial charge in [0.05, 0.1) is 10.4 Å². The molecule has 1 aliphatic rings. The van der Waals surface area contributed by atoms with Gasteiger partial charge in [-0.25, -0.2) is 4.98 Å². The molecular formula is C15H17N3O3. The Morgan fingerprint density at radius 3 is 2.90 bits per heavy atom. The van der Waals surface area contributed by atoms with E-state index < -0.39 is 4.92 Å². The van der Waals surface area contributed by atoms with E-state index in [4.69, 9.17) is 10.5 Å². The first-order valence-electron chi connectivity index (χ1n) is 7.09. The van der Waals surface area contributed by atoms with Crippen molar-refractivity contribution < 1.29 is 9.66 Å². The van der Waals surface area contributed by atoms with Gasteiger partial charge in [-0.05, 0) is 37.8 Å². The summed E-state index contributed by atoms with van der Waals surface area (Å²) in [6.07, 6.45) is 4.77. The van der Waals surface area contributed by atoms with E-state index in [0.29, 0.717) is 16.7 Å². The quantitative estimate of drug-likeness (QED) is 0.692. The molecule has 0 aliphatic heterocycles. The van der Waals surface area contributed by atoms with Crippen molar-refractivity contribution in [1.29, 1.82) is 0 Å². The number of pyridine rings is 1. The van der Waals surface area contributed by atoms with Crippen LogP contribution in [-0.2, 0) is 0 Å². The lowest BCUT2D eigenvalue weighted by Gasteiger charge is -2.27. The van der Waals surface area contributed by atoms with Gasteiger partial charge >= 0.3 is 5.69 Å². The average molecular weight is 287 g/mol. The molecule has 21 heavy (non-hydrogen) atoms. The van der Waals surface area contributed by atoms with Crippen molar-refractivity contribution in [2.45, 2.75) is 37.8 Å². The molecule has 6 nitrogen and oxygen atoms in total. The molecule has 1 aromatic heterocycles. The highest BCUT2D eigenvalue weighted by Crippen LogP contribution is 2.36. The van der Waals surface area contributed by atoms with Crippen LogP contribution < -0.4 is 10.5 Å². The highest BCUT2D eigenvalue weighted by Gasteiger charge is 2.26. The van der Waals surface area contributed by atoms with Crippen LogP contribution in [0, 0.1) is 10.1 Å². The number of hydrogen-bond acceptors (Lipinski definition) is 5. The first kappa shape index (κ1) is 13.8. The summed E-state index contributed by atoms with van der Waals surface area (Å²) in [5, 5.41) is 11.9. The molecule has 2 aromatic rings. The zero-order valence-corrected chi connectivity index (χ0v) is 11.6. The third-order valence-corrected chi connectivity index (χ3v) is 3.86. The number of ether oxygens (including phenoxy) is 1. The van der Waals surface area contributed by atoms with Gasteiger partial charge in [-0.15, -0.1) is 0 Å². The van der Waals surface area contributed by atoms with Gasteiger partial charge < -0.3 is 10.5 Å². The molecule has 110 valence electrons. The normalized spacial score (nSPS) is 22.1. The van der Waals surface area contributed by atoms with Crippen molar-refractivity contribution in [3.05, 3.63) is 40.6 Å². The van der Waals surface area contributed by atoms with Crippen LogP contribution in [0.25, 0.3) is 10.9 Å². The maximum atomic E-state index is 11.2. The number of nitrogens with zero attached hydrogens (tertiary/aromatic N) is 2. The maximum Gasteiger partial charge on any atom is 0.329 e. The van der Waals surface area contributed by atoms with E-state index in [0.717, 1.165) is 25.7 Å². The molecule has 6 heteroatoms. The van der Waals surface area contributed by atoms with Crippen LogP contribution in [0.5, 0.6) is 5.75 Å². The standard InChI is InChI=1S/C15H17N3O3/c16-10-4-3-5-11(8-10)21-15-12-6-1-2-7-13(12)17-9-14(15)18(19)20/h1-2,6-7,9-11H,3-5,8,16H2. The number of fused-ring (bicyclic) bond motifs is 1. The van der Waals surface area contributed by atoms with Crippen molar-refractivity contribution in [2.24, 2.45) is 5.73 Å². The SMILES string of the molecule is NC1CCCC(Oc2c([N+](=O)[O-])cnc3ccccc23)C1. The Kier molecular flexibility index (Phi) is 3.70. The van der Waals surface area contributed by atoms with E-state index in [-0.39, 0.29) is 17.8 Å². The second kappa shape index (κ2) is 5.65. The molecule has 0 bridgehead atoms. The van der Waals surface area contributed by atoms with E-state index >= 15 is 0 Å². The highest BCUT2D eigenvalue weighted by molar-refractivity contribution is 5.88. The van der Waals surface area contributed by atoms with E-state index in [2.05, 4.69) is 4.98 Å². The number of nitro groups is 1. The Balaban J connectivity index is 2.01. The molecule has 1 heterocycles. The molecular weight excluding hydrogens is 270 g/mol. The second-order valence-corrected chi connectivity index (χ2v) is 5.41. The Hall–Kier alpha value is -2.21. The topological polar surface area (TPSA) is 91.3 Å². The fourth-order valence-corrected chi connectivity index (χ4v) is 2.81. The molecule has 0 amide bonds. The van der Waals surface area contributed by atoms with Crippen molar-refractivity contribution in [3.8, 4) is 5.75 Å². The Bertz CT molecular complexity index is 674. The molecule has 2 N–H and O–H groups in total. The number of nitrogens with two attached hydrogens (primary N) is 1. The van der Waals surface area contributed by atoms with Gasteiger partial charge in [-0.1, -0.05) is 12.1 Å². The predicted molar refractivity (Wildman–Crippen MR) is 79.3 cm³/mol. The van der Waals surface area contributed by atoms with Crippen molar-refractivity contribution in [3.63, 3.8) is 0 Å². The number of rotatable bonds is 3. The summed E-state index contributed by atoms with van der Waals surface area (Å²) in [6, 6.07) is 7.40. The van der Waals surface area contributed by atoms with Gasteiger partial charge in [0.1, 0.15) is 12.3 Å². The van der Waals surface area contributed by atoms with Gasteiger partial charge in [0, 0.05) is 11.4 Å². The first-order chi connectivity index (χ1) is 10.1. The summed E-state index contributed by atoms with van der Waals surface area (Å²) in [5.74, 6) is 0.310. The van der Waals surface area contributed by atoms with Crippen LogP contribution in [0.1, 0.15) is 25.7 Å². The van der Waals surface area contributed by atoms with Gasteiger partial charge in [0.2, 0.25) is 5.75 Å². The Labute approximate surface area is 122 Å². The molecule has 0 spiro atoms. The lowest BCUT2D eigenvalue weighted by atomic mass is 9.93. The lowest BCUT2D eigenvalue weighted by Crippen LogP contribution is -2.33. The third kappa shape index (κ3) is 2.80. The first-order valence-corrected chi connectivity index (χ1v) is 7.09. The molecule has 1 aliphatic carbocycles. The van der Waals surface area contributed by atoms with Crippen molar-refractivity contribution >= 4 is 16.6 Å². The van der Waals surface area contributed by atoms with Crippen LogP contribution >= 0.6 is 0 Å². The summed E-state index contributed by atoms with van der Waals surface area (Å²) >= 11 is 0. The van der Waals surface area contributed by atoms with Gasteiger partial charge in [-0.2, -0.15) is 0 Å². The fraction of sp³-hybridized carbons (Fsp3) is 0.400. The van der Waals surface area contributed by atoms with Crippen LogP contribution in [0.4, 0.5) is 5.69 Å². The van der Waals surface area contributed by atoms with Crippen LogP contribution in [-0.4, -0.2) is 22.1 Å². The molecule has 1 aromatic carbocycles. The van der Waals surface area contributed by atoms with Crippen molar-refractivity contribution in [2.75, 3.05) is 0 Å². The number of para-hydroxylation sites is 1. The monoisotopic (exact) mass is 287 g/mol. The minimum atomic E-state index is -0.447. The summed E-state index contributed by atoms with van der Waals surface area (Å²) in [4.78, 5) is 14.9. The Morgan fingerprint density at radius 2 is 2.14 bits per heavy atom. The lowest BCUT2D eigenvalue weighted by molar-refractivity contribution is -0.386. The predicted octanol–water partition coefficient (Wildman–Crippen LogP) is 2.79. The van der Waals surface area contributed by atoms with Crippen molar-refractivity contribution in [1.82, 2.24) is 4.98 Å². The second-order valence-electron chi connectivity index (χ2n) is 5.41. The minimum Gasteiger partial charge on any atom is -0.483 e. The van der Waals surface area contributed by atoms with Gasteiger partial charge in [-0.3, -0.25) is 10.1 Å². The van der Waals surface area contributed by atoms with Gasteiger partial charge in [0.25, 0.3) is 0 Å². The molecule has 2 atom stereocenters. The summed E-state index contributed by atoms with van der Waals surface area (Å²) < 4.78 is 5.97. The van der Waals surface area contributed by atoms with E-state index in [1.165, 1.54) is 6.20 Å². The molecule has 0 saturated heterocycles. The van der Waals surface area contributed by atoms with Gasteiger partial charge in [0.15, 0.2) is 0 Å². The van der Waals surface area contributed by atoms with E-state index in [1.54, 1.807) is 6.07 Å². The highest BCUT2D eigenvalue weighted by atomic mass is 16.6. The fourth-order valence-electron chi connectivity index (χ4n) is 2.81. The average Bonchev–Trinajstić information content (AvgIpc) is 2.47. The smallest absolute Gasteiger partial charge is 0.329 e. The molecule has 3 rings (SSSR count). The molecule has 1 saturated carbocycles. The number of aromatic nitrogens is 1.